The van der Waals surface area contributed by atoms with Gasteiger partial charge in [0, 0.05) is 24.2 Å². The van der Waals surface area contributed by atoms with Crippen LogP contribution in [-0.2, 0) is 9.59 Å². The van der Waals surface area contributed by atoms with Crippen LogP contribution in [0.5, 0.6) is 5.75 Å². The molecule has 1 heterocycles. The van der Waals surface area contributed by atoms with Crippen LogP contribution in [0.15, 0.2) is 12.1 Å². The Kier molecular flexibility index (Phi) is 4.49. The second-order valence-electron chi connectivity index (χ2n) is 4.76. The molecule has 0 bridgehead atoms. The number of nitrogens with one attached hydrogen (secondary N) is 1. The fraction of sp³-hybridized carbons (Fsp3) is 0.429. The van der Waals surface area contributed by atoms with Gasteiger partial charge in [-0.15, -0.1) is 0 Å². The lowest BCUT2D eigenvalue weighted by atomic mass is 10.2. The lowest BCUT2D eigenvalue weighted by molar-refractivity contribution is -0.142. The minimum Gasteiger partial charge on any atom is -0.495 e. The quantitative estimate of drug-likeness (QED) is 0.851. The number of amides is 2. The van der Waals surface area contributed by atoms with Crippen LogP contribution < -0.4 is 10.1 Å². The number of halogens is 1. The van der Waals surface area contributed by atoms with Gasteiger partial charge >= 0.3 is 11.8 Å². The van der Waals surface area contributed by atoms with Crippen molar-refractivity contribution in [2.24, 2.45) is 0 Å². The lowest BCUT2D eigenvalue weighted by Gasteiger charge is -2.16. The first-order chi connectivity index (χ1) is 9.52. The molecule has 0 atom stereocenters. The highest BCUT2D eigenvalue weighted by Crippen LogP contribution is 2.30. The zero-order valence-corrected chi connectivity index (χ0v) is 12.3. The van der Waals surface area contributed by atoms with Gasteiger partial charge in [0.15, 0.2) is 0 Å². The Morgan fingerprint density at radius 3 is 2.55 bits per heavy atom. The maximum absolute atomic E-state index is 12.0. The molecule has 1 N–H and O–H groups in total. The summed E-state index contributed by atoms with van der Waals surface area (Å²) in [5.41, 5.74) is 1.25. The molecule has 0 spiro atoms. The number of benzene rings is 1. The van der Waals surface area contributed by atoms with E-state index in [9.17, 15) is 9.59 Å². The Hall–Kier alpha value is -1.75. The van der Waals surface area contributed by atoms with Gasteiger partial charge in [0.25, 0.3) is 0 Å². The number of rotatable bonds is 2. The van der Waals surface area contributed by atoms with Crippen LogP contribution in [0.4, 0.5) is 5.69 Å². The smallest absolute Gasteiger partial charge is 0.314 e. The van der Waals surface area contributed by atoms with Crippen molar-refractivity contribution < 1.29 is 14.3 Å². The molecule has 0 radical (unpaired) electrons. The zero-order chi connectivity index (χ0) is 14.7. The number of nitrogens with zero attached hydrogens (tertiary/aromatic N) is 1. The Labute approximate surface area is 122 Å². The van der Waals surface area contributed by atoms with Crippen molar-refractivity contribution in [2.75, 3.05) is 25.5 Å². The highest BCUT2D eigenvalue weighted by atomic mass is 35.5. The third-order valence-corrected chi connectivity index (χ3v) is 3.72. The maximum atomic E-state index is 12.0. The van der Waals surface area contributed by atoms with Gasteiger partial charge in [0.1, 0.15) is 5.75 Å². The van der Waals surface area contributed by atoms with Crippen LogP contribution in [0.3, 0.4) is 0 Å². The topological polar surface area (TPSA) is 58.6 Å². The van der Waals surface area contributed by atoms with Gasteiger partial charge in [-0.1, -0.05) is 11.6 Å². The van der Waals surface area contributed by atoms with Crippen LogP contribution in [0.1, 0.15) is 18.4 Å². The normalized spacial score (nSPS) is 14.2. The summed E-state index contributed by atoms with van der Waals surface area (Å²) in [5.74, 6) is -0.716. The van der Waals surface area contributed by atoms with E-state index in [0.29, 0.717) is 29.5 Å². The summed E-state index contributed by atoms with van der Waals surface area (Å²) in [6.07, 6.45) is 1.89. The van der Waals surface area contributed by atoms with E-state index in [0.717, 1.165) is 18.4 Å². The van der Waals surface area contributed by atoms with Gasteiger partial charge in [0.2, 0.25) is 0 Å². The molecule has 5 nitrogen and oxygen atoms in total. The summed E-state index contributed by atoms with van der Waals surface area (Å²) in [5, 5.41) is 3.14. The Balaban J connectivity index is 2.14. The average Bonchev–Trinajstić information content (AvgIpc) is 2.95. The summed E-state index contributed by atoms with van der Waals surface area (Å²) in [7, 11) is 1.49. The summed E-state index contributed by atoms with van der Waals surface area (Å²) in [6, 6.07) is 3.31. The molecule has 1 aliphatic rings. The van der Waals surface area contributed by atoms with Gasteiger partial charge in [-0.3, -0.25) is 9.59 Å². The summed E-state index contributed by atoms with van der Waals surface area (Å²) >= 11 is 6.00. The largest absolute Gasteiger partial charge is 0.495 e. The molecule has 0 saturated carbocycles. The fourth-order valence-electron chi connectivity index (χ4n) is 2.17. The number of hydrogen-bond donors (Lipinski definition) is 1. The molecule has 1 aromatic rings. The molecule has 108 valence electrons. The highest BCUT2D eigenvalue weighted by molar-refractivity contribution is 6.39. The Morgan fingerprint density at radius 1 is 1.30 bits per heavy atom. The van der Waals surface area contributed by atoms with Crippen molar-refractivity contribution in [1.82, 2.24) is 4.90 Å². The van der Waals surface area contributed by atoms with Crippen molar-refractivity contribution in [3.8, 4) is 5.75 Å². The van der Waals surface area contributed by atoms with E-state index >= 15 is 0 Å². The first-order valence-corrected chi connectivity index (χ1v) is 6.85. The second kappa shape index (κ2) is 6.13. The number of hydrogen-bond acceptors (Lipinski definition) is 3. The molecule has 1 aliphatic heterocycles. The van der Waals surface area contributed by atoms with Gasteiger partial charge < -0.3 is 15.0 Å². The summed E-state index contributed by atoms with van der Waals surface area (Å²) in [6.45, 7) is 3.10. The zero-order valence-electron chi connectivity index (χ0n) is 11.5. The van der Waals surface area contributed by atoms with Crippen molar-refractivity contribution >= 4 is 29.1 Å². The molecule has 2 amide bonds. The first-order valence-electron chi connectivity index (χ1n) is 6.47. The number of anilines is 1. The molecule has 1 aromatic carbocycles. The van der Waals surface area contributed by atoms with E-state index in [1.165, 1.54) is 7.11 Å². The third kappa shape index (κ3) is 3.04. The fourth-order valence-corrected chi connectivity index (χ4v) is 2.32. The third-order valence-electron chi connectivity index (χ3n) is 3.32. The predicted octanol–water partition coefficient (Wildman–Crippen LogP) is 2.22. The van der Waals surface area contributed by atoms with Crippen LogP contribution in [0, 0.1) is 6.92 Å². The van der Waals surface area contributed by atoms with Gasteiger partial charge in [0.05, 0.1) is 12.8 Å². The minimum absolute atomic E-state index is 0.433. The molecular formula is C14H17ClN2O3. The van der Waals surface area contributed by atoms with Crippen molar-refractivity contribution in [2.45, 2.75) is 19.8 Å². The van der Waals surface area contributed by atoms with E-state index in [4.69, 9.17) is 16.3 Å². The standard InChI is InChI=1S/C14H17ClN2O3/c1-9-7-11(12(20-2)8-10(9)15)16-13(18)14(19)17-5-3-4-6-17/h7-8H,3-6H2,1-2H3,(H,16,18). The van der Waals surface area contributed by atoms with Crippen LogP contribution in [0.25, 0.3) is 0 Å². The molecule has 0 unspecified atom stereocenters. The monoisotopic (exact) mass is 296 g/mol. The number of carbonyl (C=O) groups excluding carboxylic acids is 2. The lowest BCUT2D eigenvalue weighted by Crippen LogP contribution is -2.37. The summed E-state index contributed by atoms with van der Waals surface area (Å²) < 4.78 is 5.16. The Bertz CT molecular complexity index is 539. The molecule has 20 heavy (non-hydrogen) atoms. The van der Waals surface area contributed by atoms with Crippen LogP contribution in [0.2, 0.25) is 5.02 Å². The van der Waals surface area contributed by atoms with E-state index in [1.807, 2.05) is 6.92 Å². The van der Waals surface area contributed by atoms with E-state index in [2.05, 4.69) is 5.32 Å². The Morgan fingerprint density at radius 2 is 1.95 bits per heavy atom. The summed E-state index contributed by atoms with van der Waals surface area (Å²) in [4.78, 5) is 25.5. The van der Waals surface area contributed by atoms with Crippen molar-refractivity contribution in [3.63, 3.8) is 0 Å². The first kappa shape index (κ1) is 14.7. The number of likely N-dealkylation sites (tertiary alicyclic amines) is 1. The number of carbonyl (C=O) groups is 2. The van der Waals surface area contributed by atoms with Gasteiger partial charge in [-0.05, 0) is 31.4 Å². The number of aryl methyl sites for hydroxylation is 1. The number of ether oxygens (including phenoxy) is 1. The van der Waals surface area contributed by atoms with Crippen molar-refractivity contribution in [3.05, 3.63) is 22.7 Å². The van der Waals surface area contributed by atoms with Crippen LogP contribution in [-0.4, -0.2) is 36.9 Å². The average molecular weight is 297 g/mol. The predicted molar refractivity (Wildman–Crippen MR) is 77.2 cm³/mol. The second-order valence-corrected chi connectivity index (χ2v) is 5.16. The number of methoxy groups -OCH3 is 1. The van der Waals surface area contributed by atoms with E-state index < -0.39 is 11.8 Å². The molecule has 0 aromatic heterocycles. The molecule has 6 heteroatoms. The molecule has 1 fully saturated rings. The minimum atomic E-state index is -0.646. The van der Waals surface area contributed by atoms with Crippen molar-refractivity contribution in [1.29, 1.82) is 0 Å². The van der Waals surface area contributed by atoms with Gasteiger partial charge in [-0.2, -0.15) is 0 Å². The van der Waals surface area contributed by atoms with E-state index in [-0.39, 0.29) is 0 Å². The van der Waals surface area contributed by atoms with E-state index in [1.54, 1.807) is 17.0 Å². The highest BCUT2D eigenvalue weighted by Gasteiger charge is 2.25. The van der Waals surface area contributed by atoms with Crippen LogP contribution >= 0.6 is 11.6 Å². The molecule has 2 rings (SSSR count). The molecular weight excluding hydrogens is 280 g/mol. The maximum Gasteiger partial charge on any atom is 0.314 e. The molecule has 1 saturated heterocycles. The van der Waals surface area contributed by atoms with Gasteiger partial charge in [-0.25, -0.2) is 0 Å². The molecule has 0 aliphatic carbocycles. The SMILES string of the molecule is COc1cc(Cl)c(C)cc1NC(=O)C(=O)N1CCCC1.